The fourth-order valence-corrected chi connectivity index (χ4v) is 4.33. The van der Waals surface area contributed by atoms with Gasteiger partial charge < -0.3 is 0 Å². The molecule has 0 N–H and O–H groups in total. The third kappa shape index (κ3) is 2.55. The van der Waals surface area contributed by atoms with Gasteiger partial charge in [-0.25, -0.2) is 0 Å². The van der Waals surface area contributed by atoms with Crippen molar-refractivity contribution in [3.8, 4) is 0 Å². The molecule has 1 aliphatic heterocycles. The summed E-state index contributed by atoms with van der Waals surface area (Å²) in [5.74, 6) is 0. The van der Waals surface area contributed by atoms with Crippen LogP contribution in [0.5, 0.6) is 0 Å². The Morgan fingerprint density at radius 2 is 1.08 bits per heavy atom. The molecular formula is C23H24N+. The monoisotopic (exact) mass is 314 g/mol. The van der Waals surface area contributed by atoms with Crippen LogP contribution >= 0.6 is 0 Å². The minimum absolute atomic E-state index is 0.477. The molecule has 1 aliphatic rings. The molecule has 0 bridgehead atoms. The Labute approximate surface area is 144 Å². The minimum Gasteiger partial charge on any atom is -0.253 e. The number of hydrogen-bond donors (Lipinski definition) is 0. The van der Waals surface area contributed by atoms with E-state index in [4.69, 9.17) is 0 Å². The van der Waals surface area contributed by atoms with Crippen LogP contribution in [0.15, 0.2) is 91.0 Å². The molecule has 0 saturated carbocycles. The van der Waals surface area contributed by atoms with E-state index in [1.165, 1.54) is 36.2 Å². The number of rotatable bonds is 3. The Kier molecular flexibility index (Phi) is 4.18. The largest absolute Gasteiger partial charge is 0.253 e. The lowest BCUT2D eigenvalue weighted by Gasteiger charge is -2.47. The van der Waals surface area contributed by atoms with Gasteiger partial charge in [-0.1, -0.05) is 66.7 Å². The maximum Gasteiger partial charge on any atom is 0.138 e. The first-order valence-corrected chi connectivity index (χ1v) is 8.95. The molecule has 3 aromatic carbocycles. The van der Waals surface area contributed by atoms with E-state index in [1.807, 2.05) is 0 Å². The maximum atomic E-state index is 2.30. The molecule has 1 unspecified atom stereocenters. The van der Waals surface area contributed by atoms with Crippen LogP contribution in [0.4, 0.5) is 11.4 Å². The molecule has 0 amide bonds. The van der Waals surface area contributed by atoms with Crippen molar-refractivity contribution in [2.45, 2.75) is 25.3 Å². The van der Waals surface area contributed by atoms with E-state index in [0.717, 1.165) is 11.0 Å². The fourth-order valence-electron chi connectivity index (χ4n) is 4.33. The molecule has 24 heavy (non-hydrogen) atoms. The molecule has 3 aromatic rings. The van der Waals surface area contributed by atoms with Gasteiger partial charge in [-0.3, -0.25) is 4.48 Å². The first kappa shape index (κ1) is 15.2. The van der Waals surface area contributed by atoms with E-state index < -0.39 is 0 Å². The molecule has 0 radical (unpaired) electrons. The lowest BCUT2D eigenvalue weighted by atomic mass is 9.90. The van der Waals surface area contributed by atoms with Crippen LogP contribution in [0, 0.1) is 0 Å². The summed E-state index contributed by atoms with van der Waals surface area (Å²) >= 11 is 0. The van der Waals surface area contributed by atoms with Gasteiger partial charge in [-0.2, -0.15) is 0 Å². The van der Waals surface area contributed by atoms with Gasteiger partial charge >= 0.3 is 0 Å². The van der Waals surface area contributed by atoms with Gasteiger partial charge in [0.15, 0.2) is 0 Å². The van der Waals surface area contributed by atoms with E-state index in [1.54, 1.807) is 0 Å². The lowest BCUT2D eigenvalue weighted by molar-refractivity contribution is 0.225. The van der Waals surface area contributed by atoms with Gasteiger partial charge in [0.2, 0.25) is 0 Å². The number of hydrogen-bond acceptors (Lipinski definition) is 0. The minimum atomic E-state index is 0.477. The molecule has 120 valence electrons. The first-order chi connectivity index (χ1) is 11.9. The highest BCUT2D eigenvalue weighted by Gasteiger charge is 2.44. The van der Waals surface area contributed by atoms with E-state index in [9.17, 15) is 0 Å². The normalized spacial score (nSPS) is 19.8. The third-order valence-electron chi connectivity index (χ3n) is 5.39. The molecule has 1 fully saturated rings. The fraction of sp³-hybridized carbons (Fsp3) is 0.217. The highest BCUT2D eigenvalue weighted by molar-refractivity contribution is 5.60. The number of para-hydroxylation sites is 2. The molecule has 1 heterocycles. The van der Waals surface area contributed by atoms with Crippen molar-refractivity contribution in [3.05, 3.63) is 96.6 Å². The summed E-state index contributed by atoms with van der Waals surface area (Å²) in [6.45, 7) is 1.16. The summed E-state index contributed by atoms with van der Waals surface area (Å²) < 4.78 is 0.936. The standard InChI is InChI=1S/C23H24N/c1-4-12-20(13-5-1)23-18-10-11-19-24(23,21-14-6-2-7-15-21)22-16-8-3-9-17-22/h1-9,12-17,23H,10-11,18-19H2/q+1. The van der Waals surface area contributed by atoms with Gasteiger partial charge in [0.1, 0.15) is 17.4 Å². The van der Waals surface area contributed by atoms with E-state index in [-0.39, 0.29) is 0 Å². The van der Waals surface area contributed by atoms with Crippen LogP contribution in [0.2, 0.25) is 0 Å². The molecule has 0 aliphatic carbocycles. The van der Waals surface area contributed by atoms with Crippen molar-refractivity contribution in [1.29, 1.82) is 0 Å². The summed E-state index contributed by atoms with van der Waals surface area (Å²) in [5, 5.41) is 0. The van der Waals surface area contributed by atoms with Crippen LogP contribution < -0.4 is 4.48 Å². The highest BCUT2D eigenvalue weighted by atomic mass is 15.4. The Morgan fingerprint density at radius 3 is 1.62 bits per heavy atom. The summed E-state index contributed by atoms with van der Waals surface area (Å²) in [6.07, 6.45) is 3.81. The predicted octanol–water partition coefficient (Wildman–Crippen LogP) is 6.25. The lowest BCUT2D eigenvalue weighted by Crippen LogP contribution is -2.50. The van der Waals surface area contributed by atoms with Gasteiger partial charge in [-0.15, -0.1) is 0 Å². The van der Waals surface area contributed by atoms with Crippen LogP contribution in [0.1, 0.15) is 30.9 Å². The van der Waals surface area contributed by atoms with Gasteiger partial charge in [0.05, 0.1) is 6.54 Å². The second-order valence-corrected chi connectivity index (χ2v) is 6.69. The van der Waals surface area contributed by atoms with Gasteiger partial charge in [0, 0.05) is 12.0 Å². The van der Waals surface area contributed by atoms with Crippen molar-refractivity contribution in [3.63, 3.8) is 0 Å². The van der Waals surface area contributed by atoms with Gasteiger partial charge in [0.25, 0.3) is 0 Å². The molecular weight excluding hydrogens is 290 g/mol. The first-order valence-electron chi connectivity index (χ1n) is 8.95. The predicted molar refractivity (Wildman–Crippen MR) is 102 cm³/mol. The number of nitrogens with zero attached hydrogens (tertiary/aromatic N) is 1. The van der Waals surface area contributed by atoms with Crippen molar-refractivity contribution in [2.24, 2.45) is 0 Å². The van der Waals surface area contributed by atoms with Crippen molar-refractivity contribution < 1.29 is 0 Å². The Bertz CT molecular complexity index is 725. The third-order valence-corrected chi connectivity index (χ3v) is 5.39. The Balaban J connectivity index is 1.94. The van der Waals surface area contributed by atoms with Crippen molar-refractivity contribution >= 4 is 11.4 Å². The summed E-state index contributed by atoms with van der Waals surface area (Å²) in [6, 6.07) is 33.7. The van der Waals surface area contributed by atoms with E-state index in [0.29, 0.717) is 6.04 Å². The molecule has 1 saturated heterocycles. The second-order valence-electron chi connectivity index (χ2n) is 6.69. The van der Waals surface area contributed by atoms with Crippen molar-refractivity contribution in [2.75, 3.05) is 6.54 Å². The molecule has 1 nitrogen and oxygen atoms in total. The zero-order valence-electron chi connectivity index (χ0n) is 14.0. The summed E-state index contributed by atoms with van der Waals surface area (Å²) in [4.78, 5) is 0. The number of quaternary nitrogens is 1. The number of piperidine rings is 1. The Hall–Kier alpha value is -2.38. The average Bonchev–Trinajstić information content (AvgIpc) is 2.70. The zero-order valence-corrected chi connectivity index (χ0v) is 14.0. The number of benzene rings is 3. The Morgan fingerprint density at radius 1 is 0.583 bits per heavy atom. The molecule has 1 heteroatoms. The quantitative estimate of drug-likeness (QED) is 0.501. The SMILES string of the molecule is c1ccc(C2CCCC[N+]2(c2ccccc2)c2ccccc2)cc1. The summed E-state index contributed by atoms with van der Waals surface area (Å²) in [7, 11) is 0. The molecule has 4 rings (SSSR count). The van der Waals surface area contributed by atoms with Gasteiger partial charge in [-0.05, 0) is 37.1 Å². The van der Waals surface area contributed by atoms with Crippen LogP contribution in [-0.2, 0) is 0 Å². The topological polar surface area (TPSA) is 0 Å². The molecule has 0 spiro atoms. The van der Waals surface area contributed by atoms with Crippen molar-refractivity contribution in [1.82, 2.24) is 4.48 Å². The smallest absolute Gasteiger partial charge is 0.138 e. The zero-order chi connectivity index (χ0) is 16.2. The maximum absolute atomic E-state index is 2.30. The van der Waals surface area contributed by atoms with E-state index >= 15 is 0 Å². The summed E-state index contributed by atoms with van der Waals surface area (Å²) in [5.41, 5.74) is 4.25. The second kappa shape index (κ2) is 6.62. The van der Waals surface area contributed by atoms with E-state index in [2.05, 4.69) is 91.0 Å². The van der Waals surface area contributed by atoms with Crippen LogP contribution in [0.25, 0.3) is 0 Å². The highest BCUT2D eigenvalue weighted by Crippen LogP contribution is 2.48. The average molecular weight is 314 g/mol. The van der Waals surface area contributed by atoms with Crippen LogP contribution in [-0.4, -0.2) is 6.54 Å². The molecule has 1 atom stereocenters. The van der Waals surface area contributed by atoms with Crippen LogP contribution in [0.3, 0.4) is 0 Å². The molecule has 0 aromatic heterocycles.